The molecule has 3 aliphatic rings. The molecule has 3 saturated heterocycles. The third kappa shape index (κ3) is 12.7. The van der Waals surface area contributed by atoms with E-state index in [9.17, 15) is 31.4 Å². The molecule has 0 aliphatic carbocycles. The molecule has 0 aromatic heterocycles. The summed E-state index contributed by atoms with van der Waals surface area (Å²) in [5, 5.41) is 13.0. The van der Waals surface area contributed by atoms with Gasteiger partial charge in [-0.3, -0.25) is 0 Å². The number of aryl methyl sites for hydroxylation is 1. The summed E-state index contributed by atoms with van der Waals surface area (Å²) < 4.78 is 77.5. The topological polar surface area (TPSA) is 38.7 Å². The van der Waals surface area contributed by atoms with Crippen LogP contribution in [0.2, 0.25) is 0 Å². The van der Waals surface area contributed by atoms with Crippen LogP contribution in [-0.4, -0.2) is 55.9 Å². The number of nitrogens with zero attached hydrogens (tertiary/aromatic N) is 2. The molecule has 0 bridgehead atoms. The van der Waals surface area contributed by atoms with Crippen LogP contribution in [0.15, 0.2) is 54.6 Å². The lowest BCUT2D eigenvalue weighted by molar-refractivity contribution is -0.138. The van der Waals surface area contributed by atoms with E-state index in [1.807, 2.05) is 41.5 Å². The minimum absolute atomic E-state index is 0.149. The van der Waals surface area contributed by atoms with Gasteiger partial charge in [-0.1, -0.05) is 86.6 Å². The van der Waals surface area contributed by atoms with Gasteiger partial charge in [-0.25, -0.2) is 0 Å². The number of halogens is 6. The van der Waals surface area contributed by atoms with Crippen LogP contribution in [0.4, 0.5) is 32.0 Å². The van der Waals surface area contributed by atoms with Gasteiger partial charge in [0.15, 0.2) is 0 Å². The smallest absolute Gasteiger partial charge is 0.391 e. The Morgan fingerprint density at radius 2 is 1.12 bits per heavy atom. The molecular weight excluding hydrogens is 737 g/mol. The third-order valence-electron chi connectivity index (χ3n) is 11.4. The number of aliphatic hydroxyl groups is 1. The molecular formula is C47H67F6N3O. The van der Waals surface area contributed by atoms with E-state index in [1.165, 1.54) is 41.1 Å². The van der Waals surface area contributed by atoms with E-state index in [2.05, 4.69) is 68.1 Å². The van der Waals surface area contributed by atoms with Gasteiger partial charge in [-0.15, -0.1) is 0 Å². The van der Waals surface area contributed by atoms with Crippen molar-refractivity contribution in [2.45, 2.75) is 148 Å². The second kappa shape index (κ2) is 18.0. The van der Waals surface area contributed by atoms with Crippen LogP contribution >= 0.6 is 0 Å². The number of β-amino-alcohol motifs (C(OH)–C–C–N with tert-alkyl or cyclic N) is 1. The van der Waals surface area contributed by atoms with Crippen molar-refractivity contribution < 1.29 is 31.4 Å². The maximum atomic E-state index is 13.0. The van der Waals surface area contributed by atoms with Crippen molar-refractivity contribution in [3.8, 4) is 0 Å². The Hall–Kier alpha value is -3.08. The molecule has 4 nitrogen and oxygen atoms in total. The zero-order valence-corrected chi connectivity index (χ0v) is 36.1. The number of nitrogens with one attached hydrogen (secondary N) is 1. The van der Waals surface area contributed by atoms with Gasteiger partial charge < -0.3 is 20.2 Å². The number of anilines is 1. The summed E-state index contributed by atoms with van der Waals surface area (Å²) in [7, 11) is 2.09. The quantitative estimate of drug-likeness (QED) is 0.259. The maximum absolute atomic E-state index is 13.0. The Morgan fingerprint density at radius 3 is 1.56 bits per heavy atom. The summed E-state index contributed by atoms with van der Waals surface area (Å²) >= 11 is 0. The lowest BCUT2D eigenvalue weighted by Crippen LogP contribution is -2.30. The highest BCUT2D eigenvalue weighted by Crippen LogP contribution is 2.41. The summed E-state index contributed by atoms with van der Waals surface area (Å²) in [6.07, 6.45) is -3.72. The number of rotatable bonds is 3. The van der Waals surface area contributed by atoms with E-state index in [0.717, 1.165) is 87.1 Å². The average molecular weight is 804 g/mol. The fraction of sp³-hybridized carbons (Fsp3) is 0.617. The van der Waals surface area contributed by atoms with E-state index in [0.29, 0.717) is 5.92 Å². The van der Waals surface area contributed by atoms with Crippen LogP contribution in [-0.2, 0) is 28.6 Å². The van der Waals surface area contributed by atoms with Gasteiger partial charge in [0.1, 0.15) is 0 Å². The second-order valence-corrected chi connectivity index (χ2v) is 19.5. The predicted octanol–water partition coefficient (Wildman–Crippen LogP) is 12.1. The Morgan fingerprint density at radius 1 is 0.614 bits per heavy atom. The van der Waals surface area contributed by atoms with Crippen molar-refractivity contribution in [2.75, 3.05) is 44.7 Å². The lowest BCUT2D eigenvalue weighted by Gasteiger charge is -2.33. The summed E-state index contributed by atoms with van der Waals surface area (Å²) in [6, 6.07) is 15.3. The minimum Gasteiger partial charge on any atom is -0.391 e. The molecule has 2 atom stereocenters. The molecule has 10 heteroatoms. The van der Waals surface area contributed by atoms with Gasteiger partial charge in [0.25, 0.3) is 0 Å². The van der Waals surface area contributed by atoms with Gasteiger partial charge in [-0.05, 0) is 152 Å². The van der Waals surface area contributed by atoms with Crippen LogP contribution in [0.25, 0.3) is 0 Å². The monoisotopic (exact) mass is 804 g/mol. The summed E-state index contributed by atoms with van der Waals surface area (Å²) in [5.74, 6) is 0.373. The Labute approximate surface area is 338 Å². The van der Waals surface area contributed by atoms with Gasteiger partial charge in [0.05, 0.1) is 17.2 Å². The van der Waals surface area contributed by atoms with Crippen molar-refractivity contribution in [3.63, 3.8) is 0 Å². The standard InChI is InChI=1S/C17H24F3N.C15H20F3N.C15H23NO/c1-16(2,3)15-11-13(17(18,19)20)5-6-14(15)12-7-9-21(4)10-8-12;1-14(2,3)12-9-10(15(16,17)18)6-7-11(12)13-5-4-8-19-13;1-11-5-6-13(15(2,3)4)14(9-11)16-8-7-12(17)10-16/h5-6,11-12H,7-10H2,1-4H3;6-7,9,13,19H,4-5,8H2,1-3H3;5-6,9,12,17H,7-8,10H2,1-4H3. The SMILES string of the molecule is CC(C)(C)c1cc(C(F)(F)F)ccc1C1CCCN1.CN1CCC(c2ccc(C(F)(F)F)cc2C(C)(C)C)CC1.Cc1ccc(C(C)(C)C)c(N2CCC(O)C2)c1. The number of alkyl halides is 6. The zero-order valence-electron chi connectivity index (χ0n) is 36.1. The van der Waals surface area contributed by atoms with E-state index in [-0.39, 0.29) is 28.4 Å². The van der Waals surface area contributed by atoms with Crippen molar-refractivity contribution in [1.82, 2.24) is 10.2 Å². The minimum atomic E-state index is -4.28. The second-order valence-electron chi connectivity index (χ2n) is 19.5. The summed E-state index contributed by atoms with van der Waals surface area (Å²) in [4.78, 5) is 4.59. The van der Waals surface area contributed by atoms with Crippen LogP contribution in [0.1, 0.15) is 151 Å². The molecule has 0 radical (unpaired) electrons. The van der Waals surface area contributed by atoms with Crippen molar-refractivity contribution in [3.05, 3.63) is 99.1 Å². The highest BCUT2D eigenvalue weighted by atomic mass is 19.4. The molecule has 57 heavy (non-hydrogen) atoms. The van der Waals surface area contributed by atoms with Crippen LogP contribution in [0.3, 0.4) is 0 Å². The van der Waals surface area contributed by atoms with E-state index >= 15 is 0 Å². The molecule has 3 fully saturated rings. The fourth-order valence-electron chi connectivity index (χ4n) is 8.19. The van der Waals surface area contributed by atoms with E-state index in [4.69, 9.17) is 0 Å². The molecule has 2 N–H and O–H groups in total. The number of benzene rings is 3. The van der Waals surface area contributed by atoms with Crippen molar-refractivity contribution >= 4 is 5.69 Å². The molecule has 0 spiro atoms. The van der Waals surface area contributed by atoms with Crippen LogP contribution in [0, 0.1) is 6.92 Å². The normalized spacial score (nSPS) is 20.2. The Kier molecular flexibility index (Phi) is 14.8. The van der Waals surface area contributed by atoms with Gasteiger partial charge in [0, 0.05) is 24.8 Å². The number of hydrogen-bond acceptors (Lipinski definition) is 4. The maximum Gasteiger partial charge on any atom is 0.416 e. The lowest BCUT2D eigenvalue weighted by atomic mass is 9.77. The molecule has 3 aromatic carbocycles. The summed E-state index contributed by atoms with van der Waals surface area (Å²) in [5.41, 5.74) is 6.19. The number of likely N-dealkylation sites (tertiary alicyclic amines) is 1. The number of hydrogen-bond donors (Lipinski definition) is 2. The van der Waals surface area contributed by atoms with Gasteiger partial charge >= 0.3 is 12.4 Å². The highest BCUT2D eigenvalue weighted by molar-refractivity contribution is 5.59. The first-order chi connectivity index (χ1) is 26.2. The number of piperidine rings is 1. The highest BCUT2D eigenvalue weighted by Gasteiger charge is 2.35. The Balaban J connectivity index is 0.000000190. The Bertz CT molecular complexity index is 1770. The largest absolute Gasteiger partial charge is 0.416 e. The molecule has 3 heterocycles. The molecule has 2 unspecified atom stereocenters. The first-order valence-electron chi connectivity index (χ1n) is 20.6. The van der Waals surface area contributed by atoms with Crippen molar-refractivity contribution in [1.29, 1.82) is 0 Å². The average Bonchev–Trinajstić information content (AvgIpc) is 3.79. The fourth-order valence-corrected chi connectivity index (χ4v) is 8.19. The molecule has 0 saturated carbocycles. The van der Waals surface area contributed by atoms with Gasteiger partial charge in [-0.2, -0.15) is 26.3 Å². The molecule has 0 amide bonds. The number of aliphatic hydroxyl groups excluding tert-OH is 1. The van der Waals surface area contributed by atoms with Crippen LogP contribution < -0.4 is 10.2 Å². The van der Waals surface area contributed by atoms with Gasteiger partial charge in [0.2, 0.25) is 0 Å². The predicted molar refractivity (Wildman–Crippen MR) is 222 cm³/mol. The first-order valence-corrected chi connectivity index (χ1v) is 20.6. The molecule has 6 rings (SSSR count). The third-order valence-corrected chi connectivity index (χ3v) is 11.4. The first kappa shape index (κ1) is 46.6. The zero-order chi connectivity index (χ0) is 42.7. The van der Waals surface area contributed by atoms with E-state index < -0.39 is 23.5 Å². The van der Waals surface area contributed by atoms with Crippen LogP contribution in [0.5, 0.6) is 0 Å². The molecule has 318 valence electrons. The van der Waals surface area contributed by atoms with E-state index in [1.54, 1.807) is 12.1 Å². The summed E-state index contributed by atoms with van der Waals surface area (Å²) in [6.45, 7) is 25.4. The molecule has 3 aliphatic heterocycles. The molecule has 3 aromatic rings. The van der Waals surface area contributed by atoms with Crippen molar-refractivity contribution in [2.24, 2.45) is 0 Å².